The molecule has 0 heterocycles. The van der Waals surface area contributed by atoms with Crippen LogP contribution in [0.5, 0.6) is 0 Å². The quantitative estimate of drug-likeness (QED) is 0.563. The van der Waals surface area contributed by atoms with Crippen molar-refractivity contribution in [3.05, 3.63) is 0 Å². The van der Waals surface area contributed by atoms with Crippen LogP contribution in [0.25, 0.3) is 0 Å². The Morgan fingerprint density at radius 3 is 2.32 bits per heavy atom. The van der Waals surface area contributed by atoms with E-state index in [-0.39, 0.29) is 12.6 Å². The van der Waals surface area contributed by atoms with E-state index in [0.29, 0.717) is 19.4 Å². The summed E-state index contributed by atoms with van der Waals surface area (Å²) in [6.45, 7) is 4.53. The number of hydrogen-bond acceptors (Lipinski definition) is 2. The lowest BCUT2D eigenvalue weighted by molar-refractivity contribution is -0.149. The highest BCUT2D eigenvalue weighted by Crippen LogP contribution is 2.33. The van der Waals surface area contributed by atoms with E-state index in [4.69, 9.17) is 0 Å². The minimum absolute atomic E-state index is 0.184. The minimum atomic E-state index is -0.842. The van der Waals surface area contributed by atoms with Gasteiger partial charge in [-0.3, -0.25) is 4.79 Å². The molecule has 0 bridgehead atoms. The van der Waals surface area contributed by atoms with Gasteiger partial charge in [-0.25, -0.2) is 4.79 Å². The average Bonchev–Trinajstić information content (AvgIpc) is 3.20. The van der Waals surface area contributed by atoms with Crippen LogP contribution in [-0.2, 0) is 4.79 Å². The lowest BCUT2D eigenvalue weighted by atomic mass is 9.82. The van der Waals surface area contributed by atoms with Crippen LogP contribution in [0.1, 0.15) is 52.4 Å². The minimum Gasteiger partial charge on any atom is -0.481 e. The summed E-state index contributed by atoms with van der Waals surface area (Å²) in [4.78, 5) is 22.9. The molecule has 1 saturated carbocycles. The van der Waals surface area contributed by atoms with Crippen LogP contribution in [0, 0.1) is 11.3 Å². The largest absolute Gasteiger partial charge is 0.481 e. The van der Waals surface area contributed by atoms with Crippen molar-refractivity contribution in [2.75, 3.05) is 13.1 Å². The smallest absolute Gasteiger partial charge is 0.314 e. The van der Waals surface area contributed by atoms with Crippen LogP contribution in [0.2, 0.25) is 0 Å². The SMILES string of the molecule is CCC(CC)(CNC(=O)NCCCC1CC1)C(=O)O. The van der Waals surface area contributed by atoms with Gasteiger partial charge >= 0.3 is 12.0 Å². The highest BCUT2D eigenvalue weighted by molar-refractivity contribution is 5.78. The number of hydrogen-bond donors (Lipinski definition) is 3. The molecule has 110 valence electrons. The van der Waals surface area contributed by atoms with Gasteiger partial charge in [-0.05, 0) is 31.6 Å². The van der Waals surface area contributed by atoms with Crippen molar-refractivity contribution in [2.24, 2.45) is 11.3 Å². The van der Waals surface area contributed by atoms with Gasteiger partial charge < -0.3 is 15.7 Å². The Kier molecular flexibility index (Phi) is 6.12. The fraction of sp³-hybridized carbons (Fsp3) is 0.857. The van der Waals surface area contributed by atoms with Crippen LogP contribution in [-0.4, -0.2) is 30.2 Å². The maximum absolute atomic E-state index is 11.6. The molecule has 1 fully saturated rings. The number of urea groups is 1. The predicted molar refractivity (Wildman–Crippen MR) is 74.0 cm³/mol. The summed E-state index contributed by atoms with van der Waals surface area (Å²) in [7, 11) is 0. The lowest BCUT2D eigenvalue weighted by Gasteiger charge is -2.26. The molecular weight excluding hydrogens is 244 g/mol. The van der Waals surface area contributed by atoms with Gasteiger partial charge in [0.25, 0.3) is 0 Å². The van der Waals surface area contributed by atoms with Crippen molar-refractivity contribution < 1.29 is 14.7 Å². The molecule has 0 saturated heterocycles. The fourth-order valence-corrected chi connectivity index (χ4v) is 2.19. The van der Waals surface area contributed by atoms with E-state index in [1.807, 2.05) is 13.8 Å². The molecule has 5 nitrogen and oxygen atoms in total. The summed E-state index contributed by atoms with van der Waals surface area (Å²) >= 11 is 0. The van der Waals surface area contributed by atoms with Gasteiger partial charge in [-0.15, -0.1) is 0 Å². The molecule has 0 aromatic heterocycles. The highest BCUT2D eigenvalue weighted by atomic mass is 16.4. The van der Waals surface area contributed by atoms with Crippen LogP contribution >= 0.6 is 0 Å². The Morgan fingerprint density at radius 2 is 1.84 bits per heavy atom. The van der Waals surface area contributed by atoms with Crippen molar-refractivity contribution in [3.63, 3.8) is 0 Å². The van der Waals surface area contributed by atoms with E-state index in [1.165, 1.54) is 19.3 Å². The summed E-state index contributed by atoms with van der Waals surface area (Å²) in [5, 5.41) is 14.7. The molecule has 0 atom stereocenters. The van der Waals surface area contributed by atoms with Crippen molar-refractivity contribution >= 4 is 12.0 Å². The number of carbonyl (C=O) groups excluding carboxylic acids is 1. The third kappa shape index (κ3) is 5.09. The van der Waals surface area contributed by atoms with E-state index in [1.54, 1.807) is 0 Å². The first-order chi connectivity index (χ1) is 9.04. The summed E-state index contributed by atoms with van der Waals surface area (Å²) in [5.74, 6) is 0.0382. The third-order valence-corrected chi connectivity index (χ3v) is 4.17. The maximum Gasteiger partial charge on any atom is 0.314 e. The summed E-state index contributed by atoms with van der Waals surface area (Å²) in [6.07, 6.45) is 5.88. The second-order valence-electron chi connectivity index (χ2n) is 5.49. The molecule has 0 aromatic rings. The number of carboxylic acids is 1. The van der Waals surface area contributed by atoms with Crippen molar-refractivity contribution in [3.8, 4) is 0 Å². The van der Waals surface area contributed by atoms with Crippen molar-refractivity contribution in [2.45, 2.75) is 52.4 Å². The fourth-order valence-electron chi connectivity index (χ4n) is 2.19. The zero-order valence-corrected chi connectivity index (χ0v) is 12.0. The first kappa shape index (κ1) is 15.8. The van der Waals surface area contributed by atoms with Gasteiger partial charge in [-0.1, -0.05) is 26.7 Å². The number of amides is 2. The van der Waals surface area contributed by atoms with Crippen LogP contribution < -0.4 is 10.6 Å². The van der Waals surface area contributed by atoms with Gasteiger partial charge in [0.15, 0.2) is 0 Å². The average molecular weight is 270 g/mol. The molecule has 5 heteroatoms. The van der Waals surface area contributed by atoms with Gasteiger partial charge in [0.05, 0.1) is 5.41 Å². The lowest BCUT2D eigenvalue weighted by Crippen LogP contribution is -2.46. The maximum atomic E-state index is 11.6. The Hall–Kier alpha value is -1.26. The zero-order chi connectivity index (χ0) is 14.3. The Bertz CT molecular complexity index is 310. The Morgan fingerprint density at radius 1 is 1.21 bits per heavy atom. The molecule has 0 radical (unpaired) electrons. The van der Waals surface area contributed by atoms with E-state index >= 15 is 0 Å². The van der Waals surface area contributed by atoms with Crippen LogP contribution in [0.15, 0.2) is 0 Å². The van der Waals surface area contributed by atoms with E-state index in [0.717, 1.165) is 12.3 Å². The van der Waals surface area contributed by atoms with Crippen molar-refractivity contribution in [1.29, 1.82) is 0 Å². The molecule has 1 rings (SSSR count). The van der Waals surface area contributed by atoms with E-state index < -0.39 is 11.4 Å². The van der Waals surface area contributed by atoms with Gasteiger partial charge in [0.2, 0.25) is 0 Å². The number of carboxylic acid groups (broad SMARTS) is 1. The normalized spacial score (nSPS) is 15.1. The molecule has 3 N–H and O–H groups in total. The van der Waals surface area contributed by atoms with Crippen molar-refractivity contribution in [1.82, 2.24) is 10.6 Å². The monoisotopic (exact) mass is 270 g/mol. The summed E-state index contributed by atoms with van der Waals surface area (Å²) < 4.78 is 0. The predicted octanol–water partition coefficient (Wildman–Crippen LogP) is 2.37. The Balaban J connectivity index is 2.20. The Labute approximate surface area is 115 Å². The van der Waals surface area contributed by atoms with E-state index in [9.17, 15) is 14.7 Å². The second kappa shape index (κ2) is 7.36. The third-order valence-electron chi connectivity index (χ3n) is 4.17. The first-order valence-electron chi connectivity index (χ1n) is 7.29. The standard InChI is InChI=1S/C14H26N2O3/c1-3-14(4-2,12(17)18)10-16-13(19)15-9-5-6-11-7-8-11/h11H,3-10H2,1-2H3,(H,17,18)(H2,15,16,19). The van der Waals surface area contributed by atoms with Crippen LogP contribution in [0.3, 0.4) is 0 Å². The molecule has 0 aromatic carbocycles. The first-order valence-corrected chi connectivity index (χ1v) is 7.29. The van der Waals surface area contributed by atoms with Gasteiger partial charge in [-0.2, -0.15) is 0 Å². The highest BCUT2D eigenvalue weighted by Gasteiger charge is 2.35. The molecular formula is C14H26N2O3. The number of nitrogens with one attached hydrogen (secondary N) is 2. The molecule has 0 unspecified atom stereocenters. The number of rotatable bonds is 9. The summed E-state index contributed by atoms with van der Waals surface area (Å²) in [5.41, 5.74) is -0.842. The molecule has 1 aliphatic rings. The molecule has 0 aliphatic heterocycles. The zero-order valence-electron chi connectivity index (χ0n) is 12.0. The topological polar surface area (TPSA) is 78.4 Å². The van der Waals surface area contributed by atoms with Gasteiger partial charge in [0.1, 0.15) is 0 Å². The molecule has 1 aliphatic carbocycles. The summed E-state index contributed by atoms with van der Waals surface area (Å²) in [6, 6.07) is -0.261. The number of aliphatic carboxylic acids is 1. The molecule has 2 amide bonds. The van der Waals surface area contributed by atoms with Gasteiger partial charge in [0, 0.05) is 13.1 Å². The number of carbonyl (C=O) groups is 2. The molecule has 0 spiro atoms. The van der Waals surface area contributed by atoms with E-state index in [2.05, 4.69) is 10.6 Å². The second-order valence-corrected chi connectivity index (χ2v) is 5.49. The molecule has 19 heavy (non-hydrogen) atoms. The van der Waals surface area contributed by atoms with Crippen LogP contribution in [0.4, 0.5) is 4.79 Å².